The Labute approximate surface area is 157 Å². The summed E-state index contributed by atoms with van der Waals surface area (Å²) in [5, 5.41) is 2.85. The molecular formula is C20H22N2O5. The van der Waals surface area contributed by atoms with Crippen LogP contribution in [0.2, 0.25) is 0 Å². The van der Waals surface area contributed by atoms with Gasteiger partial charge in [-0.05, 0) is 30.2 Å². The lowest BCUT2D eigenvalue weighted by Gasteiger charge is -2.26. The summed E-state index contributed by atoms with van der Waals surface area (Å²) in [5.74, 6) is 1.19. The second-order valence-corrected chi connectivity index (χ2v) is 6.16. The fourth-order valence-corrected chi connectivity index (χ4v) is 3.15. The summed E-state index contributed by atoms with van der Waals surface area (Å²) >= 11 is 0. The van der Waals surface area contributed by atoms with Crippen LogP contribution in [-0.2, 0) is 11.2 Å². The first kappa shape index (κ1) is 18.6. The van der Waals surface area contributed by atoms with Crippen molar-refractivity contribution in [3.05, 3.63) is 41.5 Å². The highest BCUT2D eigenvalue weighted by Gasteiger charge is 2.22. The van der Waals surface area contributed by atoms with Gasteiger partial charge in [-0.15, -0.1) is 0 Å². The zero-order valence-corrected chi connectivity index (χ0v) is 15.8. The van der Waals surface area contributed by atoms with E-state index in [4.69, 9.17) is 14.2 Å². The van der Waals surface area contributed by atoms with Gasteiger partial charge in [-0.2, -0.15) is 0 Å². The molecule has 1 heterocycles. The molecule has 0 saturated carbocycles. The minimum absolute atomic E-state index is 0.0807. The predicted octanol–water partition coefficient (Wildman–Crippen LogP) is 2.87. The summed E-state index contributed by atoms with van der Waals surface area (Å²) in [6.07, 6.45) is 1.07. The molecule has 0 bridgehead atoms. The molecule has 2 aromatic carbocycles. The van der Waals surface area contributed by atoms with Gasteiger partial charge in [0.2, 0.25) is 11.7 Å². The van der Waals surface area contributed by atoms with E-state index in [1.54, 1.807) is 36.2 Å². The van der Waals surface area contributed by atoms with E-state index < -0.39 is 0 Å². The summed E-state index contributed by atoms with van der Waals surface area (Å²) in [6.45, 7) is 0. The highest BCUT2D eigenvalue weighted by Crippen LogP contribution is 2.40. The number of hydrogen-bond acceptors (Lipinski definition) is 5. The molecule has 1 N–H and O–H groups in total. The van der Waals surface area contributed by atoms with Crippen LogP contribution in [-0.4, -0.2) is 40.2 Å². The monoisotopic (exact) mass is 370 g/mol. The Morgan fingerprint density at radius 3 is 2.26 bits per heavy atom. The first-order valence-corrected chi connectivity index (χ1v) is 8.49. The van der Waals surface area contributed by atoms with Gasteiger partial charge < -0.3 is 24.4 Å². The van der Waals surface area contributed by atoms with Crippen molar-refractivity contribution in [1.82, 2.24) is 0 Å². The van der Waals surface area contributed by atoms with Gasteiger partial charge in [0.25, 0.3) is 5.91 Å². The van der Waals surface area contributed by atoms with E-state index in [1.165, 1.54) is 21.3 Å². The van der Waals surface area contributed by atoms with Gasteiger partial charge in [-0.25, -0.2) is 0 Å². The number of ether oxygens (including phenoxy) is 3. The molecule has 0 unspecified atom stereocenters. The molecule has 7 nitrogen and oxygen atoms in total. The molecule has 7 heteroatoms. The van der Waals surface area contributed by atoms with Crippen molar-refractivity contribution in [3.8, 4) is 17.2 Å². The summed E-state index contributed by atoms with van der Waals surface area (Å²) in [6, 6.07) is 8.68. The van der Waals surface area contributed by atoms with Crippen LogP contribution in [0.15, 0.2) is 30.3 Å². The molecule has 3 rings (SSSR count). The van der Waals surface area contributed by atoms with Gasteiger partial charge in [0.1, 0.15) is 0 Å². The largest absolute Gasteiger partial charge is 0.493 e. The number of nitrogens with one attached hydrogen (secondary N) is 1. The molecular weight excluding hydrogens is 348 g/mol. The van der Waals surface area contributed by atoms with Crippen LogP contribution in [0.5, 0.6) is 17.2 Å². The third-order valence-corrected chi connectivity index (χ3v) is 4.61. The molecule has 1 aliphatic rings. The molecule has 0 aromatic heterocycles. The maximum absolute atomic E-state index is 12.7. The topological polar surface area (TPSA) is 77.1 Å². The minimum Gasteiger partial charge on any atom is -0.493 e. The van der Waals surface area contributed by atoms with Crippen molar-refractivity contribution in [2.24, 2.45) is 0 Å². The van der Waals surface area contributed by atoms with Crippen LogP contribution < -0.4 is 24.4 Å². The Bertz CT molecular complexity index is 869. The number of hydrogen-bond donors (Lipinski definition) is 1. The standard InChI is InChI=1S/C20H22N2O5/c1-22-15-7-5-13(9-12(15)6-8-18(22)23)20(24)21-14-10-16(25-2)19(27-4)17(11-14)26-3/h5,7,9-11H,6,8H2,1-4H3,(H,21,24). The molecule has 0 spiro atoms. The number of carbonyl (C=O) groups is 2. The third kappa shape index (κ3) is 3.53. The molecule has 142 valence electrons. The van der Waals surface area contributed by atoms with Gasteiger partial charge >= 0.3 is 0 Å². The van der Waals surface area contributed by atoms with Crippen LogP contribution in [0.25, 0.3) is 0 Å². The van der Waals surface area contributed by atoms with E-state index in [-0.39, 0.29) is 11.8 Å². The van der Waals surface area contributed by atoms with Crippen molar-refractivity contribution in [1.29, 1.82) is 0 Å². The number of carbonyl (C=O) groups excluding carboxylic acids is 2. The van der Waals surface area contributed by atoms with Crippen molar-refractivity contribution in [3.63, 3.8) is 0 Å². The van der Waals surface area contributed by atoms with Gasteiger partial charge in [-0.1, -0.05) is 0 Å². The van der Waals surface area contributed by atoms with Gasteiger partial charge in [0, 0.05) is 42.5 Å². The summed E-state index contributed by atoms with van der Waals surface area (Å²) in [4.78, 5) is 26.1. The van der Waals surface area contributed by atoms with E-state index in [1.807, 2.05) is 6.07 Å². The van der Waals surface area contributed by atoms with Crippen LogP contribution in [0.4, 0.5) is 11.4 Å². The van der Waals surface area contributed by atoms with Crippen molar-refractivity contribution < 1.29 is 23.8 Å². The number of fused-ring (bicyclic) bond motifs is 1. The Hall–Kier alpha value is -3.22. The molecule has 0 fully saturated rings. The first-order chi connectivity index (χ1) is 13.0. The number of rotatable bonds is 5. The normalized spacial score (nSPS) is 13.0. The number of aryl methyl sites for hydroxylation is 1. The predicted molar refractivity (Wildman–Crippen MR) is 102 cm³/mol. The maximum atomic E-state index is 12.7. The van der Waals surface area contributed by atoms with Crippen molar-refractivity contribution >= 4 is 23.2 Å². The number of methoxy groups -OCH3 is 3. The summed E-state index contributed by atoms with van der Waals surface area (Å²) in [5.41, 5.74) is 2.87. The maximum Gasteiger partial charge on any atom is 0.255 e. The smallest absolute Gasteiger partial charge is 0.255 e. The Morgan fingerprint density at radius 1 is 1.00 bits per heavy atom. The first-order valence-electron chi connectivity index (χ1n) is 8.49. The Morgan fingerprint density at radius 2 is 1.67 bits per heavy atom. The SMILES string of the molecule is COc1cc(NC(=O)c2ccc3c(c2)CCC(=O)N3C)cc(OC)c1OC. The number of anilines is 2. The molecule has 2 aromatic rings. The van der Waals surface area contributed by atoms with Crippen molar-refractivity contribution in [2.75, 3.05) is 38.6 Å². The van der Waals surface area contributed by atoms with Gasteiger partial charge in [-0.3, -0.25) is 9.59 Å². The van der Waals surface area contributed by atoms with Crippen LogP contribution >= 0.6 is 0 Å². The number of nitrogens with zero attached hydrogens (tertiary/aromatic N) is 1. The Balaban J connectivity index is 1.87. The molecule has 0 saturated heterocycles. The fraction of sp³-hybridized carbons (Fsp3) is 0.300. The average Bonchev–Trinajstić information content (AvgIpc) is 2.69. The van der Waals surface area contributed by atoms with Gasteiger partial charge in [0.05, 0.1) is 21.3 Å². The molecule has 27 heavy (non-hydrogen) atoms. The van der Waals surface area contributed by atoms with E-state index in [9.17, 15) is 9.59 Å². The van der Waals surface area contributed by atoms with E-state index >= 15 is 0 Å². The van der Waals surface area contributed by atoms with E-state index in [2.05, 4.69) is 5.32 Å². The van der Waals surface area contributed by atoms with Crippen LogP contribution in [0.3, 0.4) is 0 Å². The third-order valence-electron chi connectivity index (χ3n) is 4.61. The molecule has 0 aliphatic carbocycles. The second-order valence-electron chi connectivity index (χ2n) is 6.16. The summed E-state index contributed by atoms with van der Waals surface area (Å²) < 4.78 is 15.9. The molecule has 0 atom stereocenters. The van der Waals surface area contributed by atoms with Crippen LogP contribution in [0, 0.1) is 0 Å². The highest BCUT2D eigenvalue weighted by atomic mass is 16.5. The number of amides is 2. The quantitative estimate of drug-likeness (QED) is 0.876. The zero-order valence-electron chi connectivity index (χ0n) is 15.8. The lowest BCUT2D eigenvalue weighted by Crippen LogP contribution is -2.31. The van der Waals surface area contributed by atoms with Crippen LogP contribution in [0.1, 0.15) is 22.3 Å². The molecule has 1 aliphatic heterocycles. The lowest BCUT2D eigenvalue weighted by atomic mass is 9.99. The number of benzene rings is 2. The summed E-state index contributed by atoms with van der Waals surface area (Å²) in [7, 11) is 6.30. The highest BCUT2D eigenvalue weighted by molar-refractivity contribution is 6.05. The van der Waals surface area contributed by atoms with E-state index in [0.717, 1.165) is 11.3 Å². The van der Waals surface area contributed by atoms with Gasteiger partial charge in [0.15, 0.2) is 11.5 Å². The lowest BCUT2D eigenvalue weighted by molar-refractivity contribution is -0.118. The minimum atomic E-state index is -0.258. The fourth-order valence-electron chi connectivity index (χ4n) is 3.15. The average molecular weight is 370 g/mol. The Kier molecular flexibility index (Phi) is 5.21. The van der Waals surface area contributed by atoms with Crippen molar-refractivity contribution in [2.45, 2.75) is 12.8 Å². The molecule has 2 amide bonds. The van der Waals surface area contributed by atoms with E-state index in [0.29, 0.717) is 41.3 Å². The molecule has 0 radical (unpaired) electrons. The zero-order chi connectivity index (χ0) is 19.6. The second kappa shape index (κ2) is 7.57.